The highest BCUT2D eigenvalue weighted by Gasteiger charge is 2.55. The largest absolute Gasteiger partial charge is 0.179 e. The first-order chi connectivity index (χ1) is 18.3. The first kappa shape index (κ1) is 23.4. The molecular weight excluding hydrogens is 477 g/mol. The van der Waals surface area contributed by atoms with E-state index in [4.69, 9.17) is 0 Å². The van der Waals surface area contributed by atoms with Gasteiger partial charge in [-0.25, -0.2) is 0 Å². The predicted molar refractivity (Wildman–Crippen MR) is 164 cm³/mol. The van der Waals surface area contributed by atoms with Crippen LogP contribution in [0.2, 0.25) is 0 Å². The average Bonchev–Trinajstić information content (AvgIpc) is 2.98. The van der Waals surface area contributed by atoms with Crippen LogP contribution in [0.4, 0.5) is 0 Å². The van der Waals surface area contributed by atoms with Crippen LogP contribution in [0.25, 0.3) is 0 Å². The zero-order chi connectivity index (χ0) is 25.3. The van der Waals surface area contributed by atoms with Crippen molar-refractivity contribution in [3.8, 4) is 0 Å². The summed E-state index contributed by atoms with van der Waals surface area (Å²) in [6.07, 6.45) is 2.20. The van der Waals surface area contributed by atoms with Crippen LogP contribution in [0.5, 0.6) is 0 Å². The summed E-state index contributed by atoms with van der Waals surface area (Å²) >= 11 is 0. The lowest BCUT2D eigenvalue weighted by atomic mass is 10.3. The van der Waals surface area contributed by atoms with Crippen molar-refractivity contribution in [2.24, 2.45) is 0 Å². The number of benzene rings is 5. The van der Waals surface area contributed by atoms with Crippen molar-refractivity contribution in [1.29, 1.82) is 0 Å². The Balaban J connectivity index is 1.86. The van der Waals surface area contributed by atoms with Crippen LogP contribution in [-0.2, 0) is 0 Å². The minimum atomic E-state index is -2.61. The van der Waals surface area contributed by atoms with Crippen LogP contribution >= 0.6 is 0 Å². The van der Waals surface area contributed by atoms with Gasteiger partial charge in [-0.2, -0.15) is 0 Å². The van der Waals surface area contributed by atoms with Crippen molar-refractivity contribution in [2.45, 2.75) is 6.92 Å². The molecule has 0 bridgehead atoms. The molecule has 5 aromatic rings. The first-order valence-electron chi connectivity index (χ1n) is 12.9. The van der Waals surface area contributed by atoms with Crippen LogP contribution in [-0.4, -0.2) is 16.1 Å². The molecule has 2 heteroatoms. The van der Waals surface area contributed by atoms with E-state index in [1.807, 2.05) is 0 Å². The first-order valence-corrected chi connectivity index (χ1v) is 16.9. The molecule has 1 heterocycles. The summed E-state index contributed by atoms with van der Waals surface area (Å²) in [6.45, 7) is 6.92. The number of hydrogen-bond donors (Lipinski definition) is 0. The number of allylic oxidation sites excluding steroid dienone is 3. The monoisotopic (exact) mass is 506 g/mol. The van der Waals surface area contributed by atoms with Gasteiger partial charge in [0.2, 0.25) is 0 Å². The lowest BCUT2D eigenvalue weighted by molar-refractivity contribution is 1.50. The van der Waals surface area contributed by atoms with Gasteiger partial charge >= 0.3 is 0 Å². The van der Waals surface area contributed by atoms with E-state index in [0.717, 1.165) is 0 Å². The van der Waals surface area contributed by atoms with E-state index in [0.29, 0.717) is 0 Å². The average molecular weight is 507 g/mol. The van der Waals surface area contributed by atoms with Crippen molar-refractivity contribution >= 4 is 47.3 Å². The van der Waals surface area contributed by atoms with Crippen molar-refractivity contribution in [3.05, 3.63) is 169 Å². The van der Waals surface area contributed by atoms with E-state index in [1.54, 1.807) is 0 Å². The molecule has 0 spiro atoms. The van der Waals surface area contributed by atoms with Gasteiger partial charge in [0.05, 0.1) is 0 Å². The quantitative estimate of drug-likeness (QED) is 0.313. The zero-order valence-corrected chi connectivity index (χ0v) is 23.1. The van der Waals surface area contributed by atoms with Crippen LogP contribution in [0.3, 0.4) is 0 Å². The van der Waals surface area contributed by atoms with Crippen molar-refractivity contribution in [1.82, 2.24) is 0 Å². The Hall–Kier alpha value is -3.99. The van der Waals surface area contributed by atoms with E-state index in [-0.39, 0.29) is 0 Å². The van der Waals surface area contributed by atoms with Crippen molar-refractivity contribution < 1.29 is 0 Å². The fourth-order valence-corrected chi connectivity index (χ4v) is 18.9. The second kappa shape index (κ2) is 9.47. The standard InChI is InChI=1S/C35H30Si2/c1-3-33-28(2)36(29-18-8-4-9-19-29,30-20-10-5-11-21-30)34-26-16-17-27-35(34)37(33,31-22-12-6-13-23-31)32-24-14-7-15-25-32/h3-27H,1H2,2H3. The smallest absolute Gasteiger partial charge is 0.0992 e. The fraction of sp³-hybridized carbons (Fsp3) is 0.0286. The highest BCUT2D eigenvalue weighted by molar-refractivity contribution is 7.27. The molecule has 0 aliphatic carbocycles. The van der Waals surface area contributed by atoms with Crippen molar-refractivity contribution in [3.63, 3.8) is 0 Å². The molecule has 0 aromatic heterocycles. The van der Waals surface area contributed by atoms with Gasteiger partial charge in [0.25, 0.3) is 0 Å². The summed E-state index contributed by atoms with van der Waals surface area (Å²) < 4.78 is 0. The van der Waals surface area contributed by atoms with E-state index in [1.165, 1.54) is 41.5 Å². The highest BCUT2D eigenvalue weighted by Crippen LogP contribution is 2.31. The Kier molecular flexibility index (Phi) is 5.99. The van der Waals surface area contributed by atoms with Crippen LogP contribution in [0, 0.1) is 0 Å². The third kappa shape index (κ3) is 3.33. The number of rotatable bonds is 5. The SMILES string of the molecule is C=CC1=C(C)[Si](c2ccccc2)(c2ccccc2)c2ccccc2[Si]1(c1ccccc1)c1ccccc1. The van der Waals surface area contributed by atoms with Gasteiger partial charge < -0.3 is 0 Å². The molecule has 0 saturated carbocycles. The second-order valence-electron chi connectivity index (χ2n) is 9.75. The lowest BCUT2D eigenvalue weighted by Gasteiger charge is -2.48. The van der Waals surface area contributed by atoms with Crippen molar-refractivity contribution in [2.75, 3.05) is 0 Å². The van der Waals surface area contributed by atoms with Crippen LogP contribution < -0.4 is 31.1 Å². The minimum absolute atomic E-state index is 1.41. The van der Waals surface area contributed by atoms with Gasteiger partial charge in [0.15, 0.2) is 16.1 Å². The molecule has 0 nitrogen and oxygen atoms in total. The van der Waals surface area contributed by atoms with Crippen LogP contribution in [0.15, 0.2) is 169 Å². The summed E-state index contributed by atoms with van der Waals surface area (Å²) in [7, 11) is -5.16. The second-order valence-corrected chi connectivity index (χ2v) is 17.4. The molecule has 0 atom stereocenters. The molecule has 1 aliphatic heterocycles. The zero-order valence-electron chi connectivity index (χ0n) is 21.1. The van der Waals surface area contributed by atoms with E-state index >= 15 is 0 Å². The summed E-state index contributed by atoms with van der Waals surface area (Å²) in [5, 5.41) is 11.6. The van der Waals surface area contributed by atoms with Crippen LogP contribution in [0.1, 0.15) is 6.92 Å². The molecule has 5 aromatic carbocycles. The molecule has 0 saturated heterocycles. The predicted octanol–water partition coefficient (Wildman–Crippen LogP) is 4.22. The van der Waals surface area contributed by atoms with E-state index < -0.39 is 16.1 Å². The molecule has 0 radical (unpaired) electrons. The molecule has 37 heavy (non-hydrogen) atoms. The normalized spacial score (nSPS) is 15.6. The molecule has 0 N–H and O–H groups in total. The Bertz CT molecular complexity index is 1490. The van der Waals surface area contributed by atoms with Gasteiger partial charge in [-0.05, 0) is 43.2 Å². The Morgan fingerprint density at radius 3 is 1.08 bits per heavy atom. The van der Waals surface area contributed by atoms with Gasteiger partial charge in [-0.15, -0.1) is 0 Å². The van der Waals surface area contributed by atoms with Gasteiger partial charge in [-0.3, -0.25) is 0 Å². The van der Waals surface area contributed by atoms with Gasteiger partial charge in [0.1, 0.15) is 0 Å². The molecule has 0 amide bonds. The third-order valence-corrected chi connectivity index (χ3v) is 18.7. The van der Waals surface area contributed by atoms with E-state index in [9.17, 15) is 0 Å². The molecule has 0 unspecified atom stereocenters. The van der Waals surface area contributed by atoms with E-state index in [2.05, 4.69) is 165 Å². The molecule has 1 aliphatic rings. The topological polar surface area (TPSA) is 0 Å². The summed E-state index contributed by atoms with van der Waals surface area (Å²) in [5.41, 5.74) is 0. The molecule has 0 fully saturated rings. The third-order valence-electron chi connectivity index (χ3n) is 8.14. The summed E-state index contributed by atoms with van der Waals surface area (Å²) in [4.78, 5) is 0. The number of fused-ring (bicyclic) bond motifs is 1. The molecular formula is C35H30Si2. The highest BCUT2D eigenvalue weighted by atomic mass is 28.3. The summed E-state index contributed by atoms with van der Waals surface area (Å²) in [6, 6.07) is 54.2. The van der Waals surface area contributed by atoms with Gasteiger partial charge in [0, 0.05) is 0 Å². The molecule has 6 rings (SSSR count). The maximum atomic E-state index is 4.51. The Morgan fingerprint density at radius 2 is 0.730 bits per heavy atom. The molecule has 178 valence electrons. The Morgan fingerprint density at radius 1 is 0.432 bits per heavy atom. The number of hydrogen-bond acceptors (Lipinski definition) is 0. The maximum Gasteiger partial charge on any atom is 0.179 e. The van der Waals surface area contributed by atoms with Gasteiger partial charge in [-0.1, -0.05) is 163 Å². The summed E-state index contributed by atoms with van der Waals surface area (Å²) in [5.74, 6) is 0. The Labute approximate surface area is 222 Å². The lowest BCUT2D eigenvalue weighted by Crippen LogP contribution is -2.83. The minimum Gasteiger partial charge on any atom is -0.0992 e. The maximum absolute atomic E-state index is 4.51. The fourth-order valence-electron chi connectivity index (χ4n) is 6.73.